The molecule has 4 heterocycles. The Balaban J connectivity index is 1.53. The number of rotatable bonds is 7. The molecule has 174 valence electrons. The predicted molar refractivity (Wildman–Crippen MR) is 114 cm³/mol. The molecular formula is C18H19N7O6S2. The summed E-state index contributed by atoms with van der Waals surface area (Å²) in [5.74, 6) is -2.03. The van der Waals surface area contributed by atoms with Crippen molar-refractivity contribution in [2.24, 2.45) is 12.2 Å². The molecule has 2 aliphatic heterocycles. The number of amides is 2. The number of carbonyl (C=O) groups excluding carboxylic acids is 3. The standard InChI is InChI=1S/C18H19N7O6S2/c1-23-4-9(31-2)5-24(23)3-8-6-32-16-12(15(27)25(16)13(8)17(28)29)21-14(26)11(22-30)10-7-33-18(19)20-10/h4-5,7,12,16H,3,6H2,1-2H3,(H4-,19,20,21,26,28,29,30)/t12-,16-/m1/s1. The lowest BCUT2D eigenvalue weighted by Gasteiger charge is -2.50. The second kappa shape index (κ2) is 8.74. The number of ether oxygens (including phenoxy) is 1. The van der Waals surface area contributed by atoms with Gasteiger partial charge in [-0.25, -0.2) is 4.98 Å². The number of anilines is 1. The van der Waals surface area contributed by atoms with Crippen LogP contribution in [0.5, 0.6) is 5.75 Å². The van der Waals surface area contributed by atoms with Crippen molar-refractivity contribution >= 4 is 51.7 Å². The van der Waals surface area contributed by atoms with E-state index in [-0.39, 0.29) is 23.1 Å². The van der Waals surface area contributed by atoms with Gasteiger partial charge < -0.3 is 30.9 Å². The number of β-lactam (4-membered cyclic amide) rings is 1. The molecule has 4 rings (SSSR count). The van der Waals surface area contributed by atoms with Gasteiger partial charge in [-0.05, 0) is 5.57 Å². The lowest BCUT2D eigenvalue weighted by Crippen LogP contribution is -2.71. The molecule has 0 radical (unpaired) electrons. The summed E-state index contributed by atoms with van der Waals surface area (Å²) in [5, 5.41) is 27.6. The van der Waals surface area contributed by atoms with Crippen LogP contribution in [0.25, 0.3) is 0 Å². The topological polar surface area (TPSA) is 179 Å². The largest absolute Gasteiger partial charge is 0.543 e. The van der Waals surface area contributed by atoms with E-state index in [1.165, 1.54) is 24.3 Å². The number of carboxylic acids is 1. The number of thioether (sulfide) groups is 1. The van der Waals surface area contributed by atoms with E-state index < -0.39 is 34.9 Å². The van der Waals surface area contributed by atoms with Crippen molar-refractivity contribution in [3.8, 4) is 5.75 Å². The number of methoxy groups -OCH3 is 1. The van der Waals surface area contributed by atoms with Crippen molar-refractivity contribution in [3.05, 3.63) is 34.7 Å². The number of nitrogens with one attached hydrogen (secondary N) is 1. The van der Waals surface area contributed by atoms with Crippen LogP contribution in [-0.2, 0) is 28.0 Å². The van der Waals surface area contributed by atoms with Crippen LogP contribution in [0.15, 0.2) is 34.2 Å². The molecule has 0 spiro atoms. The third kappa shape index (κ3) is 4.00. The van der Waals surface area contributed by atoms with E-state index in [0.29, 0.717) is 17.1 Å². The van der Waals surface area contributed by atoms with E-state index in [2.05, 4.69) is 15.5 Å². The number of nitrogen functional groups attached to an aromatic ring is 1. The van der Waals surface area contributed by atoms with Crippen molar-refractivity contribution < 1.29 is 34.1 Å². The van der Waals surface area contributed by atoms with E-state index >= 15 is 0 Å². The van der Waals surface area contributed by atoms with Gasteiger partial charge in [0.05, 0.1) is 18.8 Å². The van der Waals surface area contributed by atoms with E-state index in [0.717, 1.165) is 16.2 Å². The average molecular weight is 494 g/mol. The smallest absolute Gasteiger partial charge is 0.276 e. The molecule has 0 bridgehead atoms. The van der Waals surface area contributed by atoms with Crippen LogP contribution in [0.2, 0.25) is 0 Å². The Morgan fingerprint density at radius 1 is 1.52 bits per heavy atom. The van der Waals surface area contributed by atoms with Gasteiger partial charge in [-0.3, -0.25) is 14.5 Å². The highest BCUT2D eigenvalue weighted by molar-refractivity contribution is 8.00. The average Bonchev–Trinajstić information content (AvgIpc) is 3.37. The zero-order chi connectivity index (χ0) is 23.9. The van der Waals surface area contributed by atoms with E-state index in [4.69, 9.17) is 10.5 Å². The van der Waals surface area contributed by atoms with Gasteiger partial charge in [0.2, 0.25) is 11.9 Å². The normalized spacial score (nSPS) is 20.4. The van der Waals surface area contributed by atoms with Crippen LogP contribution in [0.1, 0.15) is 5.69 Å². The van der Waals surface area contributed by atoms with Crippen LogP contribution in [0, 0.1) is 0 Å². The zero-order valence-corrected chi connectivity index (χ0v) is 19.1. The molecule has 2 aromatic rings. The molecule has 1 fully saturated rings. The van der Waals surface area contributed by atoms with E-state index in [1.54, 1.807) is 28.8 Å². The molecule has 13 nitrogen and oxygen atoms in total. The highest BCUT2D eigenvalue weighted by Gasteiger charge is 2.53. The first kappa shape index (κ1) is 22.6. The Morgan fingerprint density at radius 3 is 2.85 bits per heavy atom. The molecule has 0 unspecified atom stereocenters. The third-order valence-corrected chi connectivity index (χ3v) is 7.20. The van der Waals surface area contributed by atoms with Gasteiger partial charge >= 0.3 is 0 Å². The second-order valence-corrected chi connectivity index (χ2v) is 9.15. The number of aryl methyl sites for hydroxylation is 1. The Bertz CT molecular complexity index is 1200. The summed E-state index contributed by atoms with van der Waals surface area (Å²) in [6.45, 7) is 0.205. The summed E-state index contributed by atoms with van der Waals surface area (Å²) in [6, 6.07) is -1.01. The molecule has 4 N–H and O–H groups in total. The SMILES string of the molecule is COc1cn(CC2=C(C(=O)[O-])N3C(=O)[C@@H](NC(=O)C(=NO)c4csc(N)n4)[C@H]3SC2)[n+](C)c1. The summed E-state index contributed by atoms with van der Waals surface area (Å²) in [6.07, 6.45) is 3.44. The number of fused-ring (bicyclic) bond motifs is 1. The Labute approximate surface area is 195 Å². The fraction of sp³-hybridized carbons (Fsp3) is 0.333. The summed E-state index contributed by atoms with van der Waals surface area (Å²) >= 11 is 2.36. The molecule has 33 heavy (non-hydrogen) atoms. The lowest BCUT2D eigenvalue weighted by molar-refractivity contribution is -0.752. The van der Waals surface area contributed by atoms with Crippen molar-refractivity contribution in [3.63, 3.8) is 0 Å². The molecule has 0 saturated carbocycles. The molecule has 2 atom stereocenters. The number of thiazole rings is 1. The first-order chi connectivity index (χ1) is 15.7. The fourth-order valence-electron chi connectivity index (χ4n) is 3.60. The van der Waals surface area contributed by atoms with Gasteiger partial charge in [0.25, 0.3) is 11.8 Å². The Hall–Kier alpha value is -3.59. The zero-order valence-electron chi connectivity index (χ0n) is 17.4. The van der Waals surface area contributed by atoms with Crippen molar-refractivity contribution in [2.45, 2.75) is 18.0 Å². The second-order valence-electron chi connectivity index (χ2n) is 7.16. The van der Waals surface area contributed by atoms with Gasteiger partial charge in [0.1, 0.15) is 29.9 Å². The minimum atomic E-state index is -1.48. The van der Waals surface area contributed by atoms with Gasteiger partial charge in [-0.1, -0.05) is 5.16 Å². The molecule has 2 amide bonds. The van der Waals surface area contributed by atoms with Gasteiger partial charge in [0.15, 0.2) is 17.9 Å². The lowest BCUT2D eigenvalue weighted by atomic mass is 10.0. The minimum absolute atomic E-state index is 0.0602. The minimum Gasteiger partial charge on any atom is -0.543 e. The molecule has 0 aromatic carbocycles. The van der Waals surface area contributed by atoms with Gasteiger partial charge in [0, 0.05) is 11.1 Å². The Kier molecular flexibility index (Phi) is 5.99. The molecule has 15 heteroatoms. The van der Waals surface area contributed by atoms with E-state index in [1.807, 2.05) is 0 Å². The predicted octanol–water partition coefficient (Wildman–Crippen LogP) is -2.36. The number of aromatic nitrogens is 3. The Morgan fingerprint density at radius 2 is 2.27 bits per heavy atom. The maximum Gasteiger partial charge on any atom is 0.276 e. The van der Waals surface area contributed by atoms with Crippen LogP contribution < -0.4 is 25.6 Å². The summed E-state index contributed by atoms with van der Waals surface area (Å²) in [7, 11) is 3.30. The van der Waals surface area contributed by atoms with Crippen molar-refractivity contribution in [1.82, 2.24) is 19.9 Å². The number of hydrogen-bond acceptors (Lipinski definition) is 11. The monoisotopic (exact) mass is 493 g/mol. The molecular weight excluding hydrogens is 474 g/mol. The highest BCUT2D eigenvalue weighted by atomic mass is 32.2. The van der Waals surface area contributed by atoms with Crippen LogP contribution in [-0.4, -0.2) is 67.5 Å². The summed E-state index contributed by atoms with van der Waals surface area (Å²) in [5.41, 5.74) is 5.47. The fourth-order valence-corrected chi connectivity index (χ4v) is 5.48. The molecule has 2 aliphatic rings. The van der Waals surface area contributed by atoms with Crippen molar-refractivity contribution in [2.75, 3.05) is 18.6 Å². The van der Waals surface area contributed by atoms with Gasteiger partial charge in [-0.15, -0.1) is 27.8 Å². The van der Waals surface area contributed by atoms with Crippen LogP contribution >= 0.6 is 23.1 Å². The number of carboxylic acid groups (broad SMARTS) is 1. The maximum absolute atomic E-state index is 12.8. The van der Waals surface area contributed by atoms with Gasteiger partial charge in [-0.2, -0.15) is 4.68 Å². The number of oxime groups is 1. The number of nitrogens with two attached hydrogens (primary N) is 1. The van der Waals surface area contributed by atoms with Crippen LogP contribution in [0.4, 0.5) is 5.13 Å². The molecule has 0 aliphatic carbocycles. The summed E-state index contributed by atoms with van der Waals surface area (Å²) in [4.78, 5) is 42.3. The number of nitrogens with zero attached hydrogens (tertiary/aromatic N) is 5. The quantitative estimate of drug-likeness (QED) is 0.125. The number of carbonyl (C=O) groups is 3. The summed E-state index contributed by atoms with van der Waals surface area (Å²) < 4.78 is 8.66. The van der Waals surface area contributed by atoms with Crippen LogP contribution in [0.3, 0.4) is 0 Å². The van der Waals surface area contributed by atoms with E-state index in [9.17, 15) is 24.7 Å². The first-order valence-corrected chi connectivity index (χ1v) is 11.4. The molecule has 1 saturated heterocycles. The van der Waals surface area contributed by atoms with Crippen molar-refractivity contribution in [1.29, 1.82) is 0 Å². The maximum atomic E-state index is 12.8. The highest BCUT2D eigenvalue weighted by Crippen LogP contribution is 2.40. The third-order valence-electron chi connectivity index (χ3n) is 5.19. The first-order valence-electron chi connectivity index (χ1n) is 9.47. The number of aliphatic carboxylic acids is 1. The number of hydrogen-bond donors (Lipinski definition) is 3. The molecule has 2 aromatic heterocycles.